The average Bonchev–Trinajstić information content (AvgIpc) is 2.33. The highest BCUT2D eigenvalue weighted by Crippen LogP contribution is 2.12. The van der Waals surface area contributed by atoms with Crippen molar-refractivity contribution < 1.29 is 0 Å². The van der Waals surface area contributed by atoms with Crippen LogP contribution in [0.15, 0.2) is 18.5 Å². The molecule has 0 fully saturated rings. The predicted octanol–water partition coefficient (Wildman–Crippen LogP) is 1.10. The quantitative estimate of drug-likeness (QED) is 0.525. The molecule has 2 heterocycles. The van der Waals surface area contributed by atoms with Gasteiger partial charge in [-0.2, -0.15) is 0 Å². The SMILES string of the molecule is [CH]1NC=Cc2[nH]ccc21. The summed E-state index contributed by atoms with van der Waals surface area (Å²) in [5, 5.41) is 3.00. The molecule has 1 aliphatic rings. The number of rotatable bonds is 0. The van der Waals surface area contributed by atoms with Gasteiger partial charge in [-0.15, -0.1) is 0 Å². The second-order valence-corrected chi connectivity index (χ2v) is 1.99. The molecule has 0 spiro atoms. The summed E-state index contributed by atoms with van der Waals surface area (Å²) in [6.07, 6.45) is 5.84. The average molecular weight is 119 g/mol. The summed E-state index contributed by atoms with van der Waals surface area (Å²) in [6, 6.07) is 2.03. The summed E-state index contributed by atoms with van der Waals surface area (Å²) in [6.45, 7) is 1.96. The number of H-pyrrole nitrogens is 1. The lowest BCUT2D eigenvalue weighted by atomic mass is 10.2. The maximum atomic E-state index is 3.10. The Morgan fingerprint density at radius 3 is 3.22 bits per heavy atom. The van der Waals surface area contributed by atoms with Gasteiger partial charge in [0, 0.05) is 17.5 Å². The summed E-state index contributed by atoms with van der Waals surface area (Å²) in [5.74, 6) is 0. The number of aromatic amines is 1. The standard InChI is InChI=1S/C7H7N2/c1-4-9-7-2-3-8-5-6(1)7/h1-5,8-9H. The van der Waals surface area contributed by atoms with Crippen molar-refractivity contribution in [1.82, 2.24) is 10.3 Å². The van der Waals surface area contributed by atoms with E-state index in [2.05, 4.69) is 10.3 Å². The fourth-order valence-electron chi connectivity index (χ4n) is 0.934. The van der Waals surface area contributed by atoms with E-state index in [0.717, 1.165) is 0 Å². The highest BCUT2D eigenvalue weighted by atomic mass is 14.9. The largest absolute Gasteiger partial charge is 0.382 e. The van der Waals surface area contributed by atoms with Crippen molar-refractivity contribution in [3.63, 3.8) is 0 Å². The summed E-state index contributed by atoms with van der Waals surface area (Å²) in [7, 11) is 0. The van der Waals surface area contributed by atoms with E-state index >= 15 is 0 Å². The van der Waals surface area contributed by atoms with Crippen LogP contribution in [-0.2, 0) is 0 Å². The van der Waals surface area contributed by atoms with Crippen molar-refractivity contribution in [2.45, 2.75) is 0 Å². The first-order valence-electron chi connectivity index (χ1n) is 2.90. The molecule has 2 heteroatoms. The van der Waals surface area contributed by atoms with Crippen molar-refractivity contribution in [2.75, 3.05) is 0 Å². The molecule has 0 aliphatic carbocycles. The molecule has 0 saturated carbocycles. The molecule has 1 radical (unpaired) electrons. The summed E-state index contributed by atoms with van der Waals surface area (Å²) >= 11 is 0. The van der Waals surface area contributed by atoms with E-state index < -0.39 is 0 Å². The van der Waals surface area contributed by atoms with Gasteiger partial charge in [-0.25, -0.2) is 0 Å². The number of aromatic nitrogens is 1. The Bertz CT molecular complexity index is 235. The van der Waals surface area contributed by atoms with Gasteiger partial charge in [0.05, 0.1) is 6.54 Å². The highest BCUT2D eigenvalue weighted by Gasteiger charge is 2.02. The van der Waals surface area contributed by atoms with Gasteiger partial charge in [0.25, 0.3) is 0 Å². The molecule has 0 unspecified atom stereocenters. The van der Waals surface area contributed by atoms with Crippen LogP contribution >= 0.6 is 0 Å². The van der Waals surface area contributed by atoms with Crippen LogP contribution in [0.2, 0.25) is 0 Å². The predicted molar refractivity (Wildman–Crippen MR) is 36.4 cm³/mol. The van der Waals surface area contributed by atoms with Crippen LogP contribution in [0.1, 0.15) is 11.3 Å². The fraction of sp³-hybridized carbons (Fsp3) is 0. The molecule has 2 nitrogen and oxygen atoms in total. The minimum absolute atomic E-state index is 1.17. The van der Waals surface area contributed by atoms with Gasteiger partial charge in [0.2, 0.25) is 0 Å². The van der Waals surface area contributed by atoms with Gasteiger partial charge in [0.15, 0.2) is 0 Å². The molecule has 45 valence electrons. The molecule has 1 aromatic heterocycles. The molecule has 0 amide bonds. The lowest BCUT2D eigenvalue weighted by Gasteiger charge is -2.04. The molecule has 9 heavy (non-hydrogen) atoms. The Balaban J connectivity index is 2.53. The van der Waals surface area contributed by atoms with Crippen LogP contribution in [0, 0.1) is 6.54 Å². The van der Waals surface area contributed by atoms with Crippen LogP contribution in [0.5, 0.6) is 0 Å². The molecular formula is C7H7N2. The molecule has 2 N–H and O–H groups in total. The summed E-state index contributed by atoms with van der Waals surface area (Å²) in [5.41, 5.74) is 2.39. The third-order valence-electron chi connectivity index (χ3n) is 1.40. The van der Waals surface area contributed by atoms with E-state index in [9.17, 15) is 0 Å². The zero-order valence-corrected chi connectivity index (χ0v) is 4.89. The molecule has 0 bridgehead atoms. The first-order chi connectivity index (χ1) is 4.47. The first-order valence-corrected chi connectivity index (χ1v) is 2.90. The van der Waals surface area contributed by atoms with E-state index in [-0.39, 0.29) is 0 Å². The molecule has 1 aromatic rings. The lowest BCUT2D eigenvalue weighted by Crippen LogP contribution is -2.05. The van der Waals surface area contributed by atoms with Crippen molar-refractivity contribution in [2.24, 2.45) is 0 Å². The van der Waals surface area contributed by atoms with Gasteiger partial charge in [0.1, 0.15) is 0 Å². The van der Waals surface area contributed by atoms with Gasteiger partial charge in [-0.1, -0.05) is 0 Å². The molecule has 1 aliphatic heterocycles. The second kappa shape index (κ2) is 1.65. The summed E-state index contributed by atoms with van der Waals surface area (Å²) in [4.78, 5) is 3.10. The van der Waals surface area contributed by atoms with Gasteiger partial charge in [-0.3, -0.25) is 0 Å². The Morgan fingerprint density at radius 2 is 2.33 bits per heavy atom. The Labute approximate surface area is 53.6 Å². The Morgan fingerprint density at radius 1 is 1.33 bits per heavy atom. The van der Waals surface area contributed by atoms with Crippen LogP contribution in [0.3, 0.4) is 0 Å². The van der Waals surface area contributed by atoms with Crippen LogP contribution < -0.4 is 5.32 Å². The fourth-order valence-corrected chi connectivity index (χ4v) is 0.934. The Kier molecular flexibility index (Phi) is 0.859. The van der Waals surface area contributed by atoms with E-state index in [4.69, 9.17) is 0 Å². The van der Waals surface area contributed by atoms with Crippen molar-refractivity contribution in [1.29, 1.82) is 0 Å². The number of hydrogen-bond acceptors (Lipinski definition) is 1. The van der Waals surface area contributed by atoms with Crippen LogP contribution in [0.4, 0.5) is 0 Å². The van der Waals surface area contributed by atoms with Crippen molar-refractivity contribution in [3.05, 3.63) is 36.3 Å². The first kappa shape index (κ1) is 4.68. The molecule has 0 atom stereocenters. The Hall–Kier alpha value is -1.18. The van der Waals surface area contributed by atoms with Crippen molar-refractivity contribution in [3.8, 4) is 0 Å². The van der Waals surface area contributed by atoms with Gasteiger partial charge in [-0.05, 0) is 18.3 Å². The highest BCUT2D eigenvalue weighted by molar-refractivity contribution is 5.54. The maximum Gasteiger partial charge on any atom is 0.0773 e. The van der Waals surface area contributed by atoms with E-state index in [0.29, 0.717) is 0 Å². The smallest absolute Gasteiger partial charge is 0.0773 e. The third-order valence-corrected chi connectivity index (χ3v) is 1.40. The summed E-state index contributed by atoms with van der Waals surface area (Å²) < 4.78 is 0. The van der Waals surface area contributed by atoms with Crippen molar-refractivity contribution >= 4 is 6.08 Å². The van der Waals surface area contributed by atoms with Gasteiger partial charge >= 0.3 is 0 Å². The zero-order chi connectivity index (χ0) is 6.10. The molecular weight excluding hydrogens is 112 g/mol. The van der Waals surface area contributed by atoms with E-state index in [1.165, 1.54) is 11.3 Å². The normalized spacial score (nSPS) is 14.7. The number of hydrogen-bond donors (Lipinski definition) is 2. The molecule has 2 rings (SSSR count). The minimum Gasteiger partial charge on any atom is -0.382 e. The van der Waals surface area contributed by atoms with Crippen LogP contribution in [0.25, 0.3) is 6.08 Å². The second-order valence-electron chi connectivity index (χ2n) is 1.99. The topological polar surface area (TPSA) is 27.8 Å². The molecule has 0 saturated heterocycles. The maximum absolute atomic E-state index is 3.10. The van der Waals surface area contributed by atoms with E-state index in [1.54, 1.807) is 0 Å². The molecule has 0 aromatic carbocycles. The minimum atomic E-state index is 1.17. The number of fused-ring (bicyclic) bond motifs is 1. The number of nitrogens with one attached hydrogen (secondary N) is 2. The van der Waals surface area contributed by atoms with E-state index in [1.807, 2.05) is 31.1 Å². The van der Waals surface area contributed by atoms with Crippen LogP contribution in [-0.4, -0.2) is 4.98 Å². The lowest BCUT2D eigenvalue weighted by molar-refractivity contribution is 1.06. The third kappa shape index (κ3) is 0.633. The van der Waals surface area contributed by atoms with Gasteiger partial charge < -0.3 is 10.3 Å². The zero-order valence-electron chi connectivity index (χ0n) is 4.89. The monoisotopic (exact) mass is 119 g/mol.